The smallest absolute Gasteiger partial charge is 0.0857 e. The highest BCUT2D eigenvalue weighted by molar-refractivity contribution is 5.44. The first-order chi connectivity index (χ1) is 8.28. The molecule has 0 aliphatic heterocycles. The topological polar surface area (TPSA) is 24.7 Å². The molecule has 0 saturated heterocycles. The summed E-state index contributed by atoms with van der Waals surface area (Å²) in [7, 11) is 0. The van der Waals surface area contributed by atoms with E-state index in [-0.39, 0.29) is 0 Å². The predicted molar refractivity (Wildman–Crippen MR) is 69.7 cm³/mol. The second-order valence-electron chi connectivity index (χ2n) is 3.73. The Morgan fingerprint density at radius 1 is 0.824 bits per heavy atom. The zero-order valence-corrected chi connectivity index (χ0v) is 9.59. The Balaban J connectivity index is 2.14. The molecule has 2 rings (SSSR count). The lowest BCUT2D eigenvalue weighted by molar-refractivity contribution is 1.23. The zero-order chi connectivity index (χ0) is 12.1. The van der Waals surface area contributed by atoms with Crippen molar-refractivity contribution in [3.63, 3.8) is 0 Å². The molecule has 0 fully saturated rings. The summed E-state index contributed by atoms with van der Waals surface area (Å²) in [5, 5.41) is 8.28. The summed E-state index contributed by atoms with van der Waals surface area (Å²) in [6.45, 7) is 2.04. The fraction of sp³-hybridized carbons (Fsp3) is 0.0667. The van der Waals surface area contributed by atoms with Crippen LogP contribution in [0.15, 0.2) is 58.8 Å². The van der Waals surface area contributed by atoms with Gasteiger partial charge in [-0.25, -0.2) is 0 Å². The number of hydrogen-bond acceptors (Lipinski definition) is 2. The van der Waals surface area contributed by atoms with Crippen LogP contribution in [0.2, 0.25) is 0 Å². The van der Waals surface area contributed by atoms with Gasteiger partial charge >= 0.3 is 0 Å². The van der Waals surface area contributed by atoms with Crippen LogP contribution in [0.4, 0.5) is 11.4 Å². The van der Waals surface area contributed by atoms with Crippen LogP contribution in [0.3, 0.4) is 0 Å². The van der Waals surface area contributed by atoms with Gasteiger partial charge in [-0.15, -0.1) is 6.42 Å². The maximum absolute atomic E-state index is 5.28. The van der Waals surface area contributed by atoms with E-state index in [1.165, 1.54) is 5.56 Å². The molecule has 0 aliphatic carbocycles. The van der Waals surface area contributed by atoms with Gasteiger partial charge in [0.25, 0.3) is 0 Å². The first-order valence-electron chi connectivity index (χ1n) is 5.33. The number of benzene rings is 2. The summed E-state index contributed by atoms with van der Waals surface area (Å²) in [5.74, 6) is 2.56. The predicted octanol–water partition coefficient (Wildman–Crippen LogP) is 4.39. The second-order valence-corrected chi connectivity index (χ2v) is 3.73. The van der Waals surface area contributed by atoms with Crippen molar-refractivity contribution in [1.82, 2.24) is 0 Å². The number of hydrogen-bond donors (Lipinski definition) is 0. The van der Waals surface area contributed by atoms with Gasteiger partial charge in [0.05, 0.1) is 11.4 Å². The van der Waals surface area contributed by atoms with E-state index in [0.29, 0.717) is 0 Å². The van der Waals surface area contributed by atoms with Crippen LogP contribution in [0.25, 0.3) is 0 Å². The molecular weight excluding hydrogens is 208 g/mol. The van der Waals surface area contributed by atoms with Gasteiger partial charge in [-0.05, 0) is 43.3 Å². The third kappa shape index (κ3) is 3.02. The number of nitrogens with zero attached hydrogens (tertiary/aromatic N) is 2. The van der Waals surface area contributed by atoms with Crippen molar-refractivity contribution in [2.24, 2.45) is 10.2 Å². The molecule has 82 valence electrons. The molecule has 0 bridgehead atoms. The van der Waals surface area contributed by atoms with Crippen LogP contribution in [0, 0.1) is 19.3 Å². The molecule has 0 radical (unpaired) electrons. The molecule has 2 aromatic rings. The van der Waals surface area contributed by atoms with Crippen molar-refractivity contribution in [2.75, 3.05) is 0 Å². The van der Waals surface area contributed by atoms with Gasteiger partial charge in [-0.2, -0.15) is 10.2 Å². The zero-order valence-electron chi connectivity index (χ0n) is 9.59. The average molecular weight is 220 g/mol. The standard InChI is InChI=1S/C15H12N2/c1-3-13-6-10-15(11-7-13)17-16-14-8-4-12(2)5-9-14/h1,4-11H,2H3. The molecule has 0 N–H and O–H groups in total. The van der Waals surface area contributed by atoms with Crippen molar-refractivity contribution in [3.05, 3.63) is 59.7 Å². The monoisotopic (exact) mass is 220 g/mol. The third-order valence-corrected chi connectivity index (χ3v) is 2.35. The summed E-state index contributed by atoms with van der Waals surface area (Å²) >= 11 is 0. The lowest BCUT2D eigenvalue weighted by Crippen LogP contribution is -1.71. The quantitative estimate of drug-likeness (QED) is 0.529. The van der Waals surface area contributed by atoms with E-state index in [4.69, 9.17) is 6.42 Å². The second kappa shape index (κ2) is 5.09. The Morgan fingerprint density at radius 2 is 1.29 bits per heavy atom. The van der Waals surface area contributed by atoms with Gasteiger partial charge in [-0.3, -0.25) is 0 Å². The van der Waals surface area contributed by atoms with E-state index in [2.05, 4.69) is 16.1 Å². The van der Waals surface area contributed by atoms with Crippen LogP contribution in [0.5, 0.6) is 0 Å². The first-order valence-corrected chi connectivity index (χ1v) is 5.33. The molecule has 2 nitrogen and oxygen atoms in total. The van der Waals surface area contributed by atoms with E-state index in [1.807, 2.05) is 55.5 Å². The Hall–Kier alpha value is -2.40. The minimum Gasteiger partial charge on any atom is -0.151 e. The summed E-state index contributed by atoms with van der Waals surface area (Å²) in [4.78, 5) is 0. The van der Waals surface area contributed by atoms with Gasteiger partial charge in [-0.1, -0.05) is 23.6 Å². The summed E-state index contributed by atoms with van der Waals surface area (Å²) in [6.07, 6.45) is 5.28. The van der Waals surface area contributed by atoms with Gasteiger partial charge < -0.3 is 0 Å². The average Bonchev–Trinajstić information content (AvgIpc) is 2.39. The molecule has 0 aromatic heterocycles. The lowest BCUT2D eigenvalue weighted by atomic mass is 10.2. The molecule has 0 heterocycles. The van der Waals surface area contributed by atoms with Gasteiger partial charge in [0.1, 0.15) is 0 Å². The Labute approximate surface area is 101 Å². The van der Waals surface area contributed by atoms with Gasteiger partial charge in [0, 0.05) is 5.56 Å². The van der Waals surface area contributed by atoms with Crippen molar-refractivity contribution >= 4 is 11.4 Å². The van der Waals surface area contributed by atoms with Crippen molar-refractivity contribution in [1.29, 1.82) is 0 Å². The molecular formula is C15H12N2. The molecule has 0 saturated carbocycles. The largest absolute Gasteiger partial charge is 0.151 e. The normalized spacial score (nSPS) is 10.4. The molecule has 0 atom stereocenters. The maximum Gasteiger partial charge on any atom is 0.0857 e. The summed E-state index contributed by atoms with van der Waals surface area (Å²) < 4.78 is 0. The minimum atomic E-state index is 0.796. The van der Waals surface area contributed by atoms with Crippen molar-refractivity contribution in [2.45, 2.75) is 6.92 Å². The van der Waals surface area contributed by atoms with Gasteiger partial charge in [0.2, 0.25) is 0 Å². The fourth-order valence-corrected chi connectivity index (χ4v) is 1.35. The Kier molecular flexibility index (Phi) is 3.32. The minimum absolute atomic E-state index is 0.796. The molecule has 0 spiro atoms. The van der Waals surface area contributed by atoms with Crippen LogP contribution >= 0.6 is 0 Å². The molecule has 0 unspecified atom stereocenters. The van der Waals surface area contributed by atoms with Crippen molar-refractivity contribution < 1.29 is 0 Å². The van der Waals surface area contributed by atoms with E-state index in [9.17, 15) is 0 Å². The van der Waals surface area contributed by atoms with Crippen molar-refractivity contribution in [3.8, 4) is 12.3 Å². The SMILES string of the molecule is C#Cc1ccc(N=Nc2ccc(C)cc2)cc1. The third-order valence-electron chi connectivity index (χ3n) is 2.35. The highest BCUT2D eigenvalue weighted by Gasteiger charge is 1.91. The highest BCUT2D eigenvalue weighted by atomic mass is 15.1. The number of terminal acetylenes is 1. The Morgan fingerprint density at radius 3 is 1.76 bits per heavy atom. The van der Waals surface area contributed by atoms with Crippen LogP contribution in [-0.4, -0.2) is 0 Å². The number of azo groups is 1. The summed E-state index contributed by atoms with van der Waals surface area (Å²) in [5.41, 5.74) is 3.70. The molecule has 2 heteroatoms. The van der Waals surface area contributed by atoms with Crippen LogP contribution < -0.4 is 0 Å². The van der Waals surface area contributed by atoms with Gasteiger partial charge in [0.15, 0.2) is 0 Å². The van der Waals surface area contributed by atoms with Crippen LogP contribution in [0.1, 0.15) is 11.1 Å². The van der Waals surface area contributed by atoms with E-state index >= 15 is 0 Å². The van der Waals surface area contributed by atoms with Crippen LogP contribution in [-0.2, 0) is 0 Å². The fourth-order valence-electron chi connectivity index (χ4n) is 1.35. The number of rotatable bonds is 2. The van der Waals surface area contributed by atoms with E-state index in [0.717, 1.165) is 16.9 Å². The lowest BCUT2D eigenvalue weighted by Gasteiger charge is -1.95. The Bertz CT molecular complexity index is 557. The highest BCUT2D eigenvalue weighted by Crippen LogP contribution is 2.18. The molecule has 17 heavy (non-hydrogen) atoms. The first kappa shape index (κ1) is 11.1. The maximum atomic E-state index is 5.28. The molecule has 0 aliphatic rings. The molecule has 2 aromatic carbocycles. The number of aryl methyl sites for hydroxylation is 1. The molecule has 0 amide bonds. The summed E-state index contributed by atoms with van der Waals surface area (Å²) in [6, 6.07) is 15.3. The van der Waals surface area contributed by atoms with E-state index < -0.39 is 0 Å². The van der Waals surface area contributed by atoms with E-state index in [1.54, 1.807) is 0 Å².